The van der Waals surface area contributed by atoms with Gasteiger partial charge in [0.25, 0.3) is 0 Å². The molecule has 3 rings (SSSR count). The van der Waals surface area contributed by atoms with E-state index in [9.17, 15) is 0 Å². The summed E-state index contributed by atoms with van der Waals surface area (Å²) in [5.74, 6) is 0. The standard InChI is InChI=1S/C17H20ClN5O/c18-17-2-1-15-16(22-17)9-13(12-21-15)14(10-19)11-20-3-4-23-5-7-24-8-6-23/h1-2,9-12,19-20H,3-8H2/b14-11+,19-10?. The molecular formula is C17H20ClN5O. The highest BCUT2D eigenvalue weighted by Crippen LogP contribution is 2.18. The molecule has 6 nitrogen and oxygen atoms in total. The van der Waals surface area contributed by atoms with E-state index in [1.165, 1.54) is 6.21 Å². The number of aromatic nitrogens is 2. The van der Waals surface area contributed by atoms with Gasteiger partial charge in [-0.3, -0.25) is 9.88 Å². The van der Waals surface area contributed by atoms with E-state index in [4.69, 9.17) is 21.7 Å². The first-order valence-electron chi connectivity index (χ1n) is 7.93. The van der Waals surface area contributed by atoms with Crippen molar-refractivity contribution in [3.8, 4) is 0 Å². The first-order valence-corrected chi connectivity index (χ1v) is 8.31. The monoisotopic (exact) mass is 345 g/mol. The van der Waals surface area contributed by atoms with Gasteiger partial charge in [-0.15, -0.1) is 0 Å². The second-order valence-corrected chi connectivity index (χ2v) is 5.94. The van der Waals surface area contributed by atoms with Gasteiger partial charge in [0.15, 0.2) is 0 Å². The fraction of sp³-hybridized carbons (Fsp3) is 0.353. The van der Waals surface area contributed by atoms with Crippen LogP contribution in [-0.2, 0) is 4.74 Å². The van der Waals surface area contributed by atoms with E-state index >= 15 is 0 Å². The van der Waals surface area contributed by atoms with Gasteiger partial charge >= 0.3 is 0 Å². The molecule has 1 aliphatic rings. The molecular weight excluding hydrogens is 326 g/mol. The fourth-order valence-electron chi connectivity index (χ4n) is 2.58. The molecule has 0 spiro atoms. The number of pyridine rings is 2. The summed E-state index contributed by atoms with van der Waals surface area (Å²) in [5, 5.41) is 11.4. The molecule has 0 unspecified atom stereocenters. The molecule has 0 radical (unpaired) electrons. The van der Waals surface area contributed by atoms with Crippen molar-refractivity contribution in [2.75, 3.05) is 39.4 Å². The van der Waals surface area contributed by atoms with Gasteiger partial charge in [-0.25, -0.2) is 4.98 Å². The Morgan fingerprint density at radius 1 is 1.33 bits per heavy atom. The molecule has 0 atom stereocenters. The molecule has 2 N–H and O–H groups in total. The lowest BCUT2D eigenvalue weighted by Gasteiger charge is -2.26. The van der Waals surface area contributed by atoms with Crippen molar-refractivity contribution in [3.63, 3.8) is 0 Å². The van der Waals surface area contributed by atoms with E-state index in [2.05, 4.69) is 20.2 Å². The minimum absolute atomic E-state index is 0.436. The van der Waals surface area contributed by atoms with E-state index in [1.807, 2.05) is 18.3 Å². The summed E-state index contributed by atoms with van der Waals surface area (Å²) in [5.41, 5.74) is 3.10. The zero-order valence-corrected chi connectivity index (χ0v) is 14.1. The fourth-order valence-corrected chi connectivity index (χ4v) is 2.73. The van der Waals surface area contributed by atoms with Crippen LogP contribution in [0.1, 0.15) is 5.56 Å². The van der Waals surface area contributed by atoms with E-state index in [0.29, 0.717) is 5.15 Å². The molecule has 0 aliphatic carbocycles. The van der Waals surface area contributed by atoms with E-state index in [0.717, 1.165) is 61.6 Å². The van der Waals surface area contributed by atoms with Crippen LogP contribution in [0.5, 0.6) is 0 Å². The summed E-state index contributed by atoms with van der Waals surface area (Å²) in [7, 11) is 0. The van der Waals surface area contributed by atoms with Crippen molar-refractivity contribution in [1.82, 2.24) is 20.2 Å². The molecule has 2 aromatic rings. The van der Waals surface area contributed by atoms with Crippen LogP contribution in [0, 0.1) is 5.41 Å². The second kappa shape index (κ2) is 8.19. The number of nitrogens with zero attached hydrogens (tertiary/aromatic N) is 3. The summed E-state index contributed by atoms with van der Waals surface area (Å²) in [6, 6.07) is 5.45. The van der Waals surface area contributed by atoms with E-state index in [1.54, 1.807) is 12.3 Å². The van der Waals surface area contributed by atoms with Crippen LogP contribution in [0.2, 0.25) is 5.15 Å². The van der Waals surface area contributed by atoms with Gasteiger partial charge in [0.1, 0.15) is 5.15 Å². The quantitative estimate of drug-likeness (QED) is 0.477. The molecule has 126 valence electrons. The van der Waals surface area contributed by atoms with Crippen LogP contribution in [0.3, 0.4) is 0 Å². The molecule has 24 heavy (non-hydrogen) atoms. The number of ether oxygens (including phenoxy) is 1. The van der Waals surface area contributed by atoms with Crippen molar-refractivity contribution in [1.29, 1.82) is 5.41 Å². The topological polar surface area (TPSA) is 74.1 Å². The number of morpholine rings is 1. The Kier molecular flexibility index (Phi) is 5.74. The Labute approximate surface area is 146 Å². The SMILES string of the molecule is N=C/C(=C\NCCN1CCOCC1)c1cnc2ccc(Cl)nc2c1. The largest absolute Gasteiger partial charge is 0.389 e. The summed E-state index contributed by atoms with van der Waals surface area (Å²) in [6.07, 6.45) is 4.91. The molecule has 7 heteroatoms. The van der Waals surface area contributed by atoms with E-state index < -0.39 is 0 Å². The summed E-state index contributed by atoms with van der Waals surface area (Å²) in [4.78, 5) is 11.0. The molecule has 1 saturated heterocycles. The van der Waals surface area contributed by atoms with Crippen LogP contribution < -0.4 is 5.32 Å². The second-order valence-electron chi connectivity index (χ2n) is 5.55. The lowest BCUT2D eigenvalue weighted by molar-refractivity contribution is 0.0388. The molecule has 3 heterocycles. The maximum absolute atomic E-state index is 7.64. The third-order valence-electron chi connectivity index (χ3n) is 3.93. The normalized spacial score (nSPS) is 16.3. The molecule has 0 saturated carbocycles. The smallest absolute Gasteiger partial charge is 0.129 e. The zero-order chi connectivity index (χ0) is 16.8. The van der Waals surface area contributed by atoms with Crippen molar-refractivity contribution in [2.24, 2.45) is 0 Å². The number of hydrogen-bond acceptors (Lipinski definition) is 6. The van der Waals surface area contributed by atoms with Crippen LogP contribution in [0.15, 0.2) is 30.6 Å². The van der Waals surface area contributed by atoms with Gasteiger partial charge < -0.3 is 15.5 Å². The zero-order valence-electron chi connectivity index (χ0n) is 13.3. The highest BCUT2D eigenvalue weighted by molar-refractivity contribution is 6.29. The highest BCUT2D eigenvalue weighted by atomic mass is 35.5. The van der Waals surface area contributed by atoms with Crippen molar-refractivity contribution < 1.29 is 4.74 Å². The Bertz CT molecular complexity index is 743. The lowest BCUT2D eigenvalue weighted by atomic mass is 10.1. The third kappa shape index (κ3) is 4.29. The van der Waals surface area contributed by atoms with Gasteiger partial charge in [-0.1, -0.05) is 11.6 Å². The first kappa shape index (κ1) is 16.8. The first-order chi connectivity index (χ1) is 11.8. The molecule has 0 amide bonds. The average molecular weight is 346 g/mol. The molecule has 0 bridgehead atoms. The Hall–Kier alpha value is -2.02. The number of hydrogen-bond donors (Lipinski definition) is 2. The average Bonchev–Trinajstić information content (AvgIpc) is 2.62. The Balaban J connectivity index is 1.65. The molecule has 0 aromatic carbocycles. The van der Waals surface area contributed by atoms with Gasteiger partial charge in [-0.05, 0) is 18.2 Å². The van der Waals surface area contributed by atoms with Crippen LogP contribution in [0.4, 0.5) is 0 Å². The number of rotatable bonds is 6. The minimum Gasteiger partial charge on any atom is -0.389 e. The van der Waals surface area contributed by atoms with Crippen LogP contribution in [0.25, 0.3) is 16.6 Å². The Morgan fingerprint density at radius 3 is 2.96 bits per heavy atom. The van der Waals surface area contributed by atoms with Crippen molar-refractivity contribution in [3.05, 3.63) is 41.3 Å². The maximum atomic E-state index is 7.64. The molecule has 1 aliphatic heterocycles. The number of allylic oxidation sites excluding steroid dienone is 1. The number of fused-ring (bicyclic) bond motifs is 1. The van der Waals surface area contributed by atoms with Crippen molar-refractivity contribution in [2.45, 2.75) is 0 Å². The van der Waals surface area contributed by atoms with E-state index in [-0.39, 0.29) is 0 Å². The van der Waals surface area contributed by atoms with Gasteiger partial charge in [0.05, 0.1) is 24.2 Å². The predicted molar refractivity (Wildman–Crippen MR) is 96.6 cm³/mol. The van der Waals surface area contributed by atoms with Crippen LogP contribution >= 0.6 is 11.6 Å². The predicted octanol–water partition coefficient (Wildman–Crippen LogP) is 2.20. The summed E-state index contributed by atoms with van der Waals surface area (Å²) in [6.45, 7) is 5.34. The van der Waals surface area contributed by atoms with Gasteiger partial charge in [0, 0.05) is 55.9 Å². The molecule has 1 fully saturated rings. The molecule has 2 aromatic heterocycles. The number of nitrogens with one attached hydrogen (secondary N) is 2. The maximum Gasteiger partial charge on any atom is 0.129 e. The minimum atomic E-state index is 0.436. The highest BCUT2D eigenvalue weighted by Gasteiger charge is 2.09. The van der Waals surface area contributed by atoms with Gasteiger partial charge in [-0.2, -0.15) is 0 Å². The summed E-state index contributed by atoms with van der Waals surface area (Å²) >= 11 is 5.94. The number of halogens is 1. The lowest BCUT2D eigenvalue weighted by Crippen LogP contribution is -2.39. The third-order valence-corrected chi connectivity index (χ3v) is 4.14. The van der Waals surface area contributed by atoms with Gasteiger partial charge in [0.2, 0.25) is 0 Å². The summed E-state index contributed by atoms with van der Waals surface area (Å²) < 4.78 is 5.34. The van der Waals surface area contributed by atoms with Crippen molar-refractivity contribution >= 4 is 34.4 Å². The van der Waals surface area contributed by atoms with Crippen LogP contribution in [-0.4, -0.2) is 60.5 Å². The Morgan fingerprint density at radius 2 is 2.17 bits per heavy atom.